The molecule has 0 fully saturated rings. The summed E-state index contributed by atoms with van der Waals surface area (Å²) in [5.74, 6) is -0.0747. The summed E-state index contributed by atoms with van der Waals surface area (Å²) in [5, 5.41) is 22.1. The molecule has 0 aliphatic heterocycles. The van der Waals surface area contributed by atoms with E-state index in [1.807, 2.05) is 6.07 Å². The Morgan fingerprint density at radius 2 is 1.64 bits per heavy atom. The summed E-state index contributed by atoms with van der Waals surface area (Å²) in [6, 6.07) is 15.7. The molecule has 0 atom stereocenters. The van der Waals surface area contributed by atoms with Crippen molar-refractivity contribution in [3.05, 3.63) is 77.4 Å². The molecule has 2 N–H and O–H groups in total. The molecular formula is C19H12F3N5O. The SMILES string of the molecule is N#Cc1cccc(Nc2ccc(NC(=O)c3ccc(C(F)(F)F)cc3)nn2)c1. The van der Waals surface area contributed by atoms with E-state index in [4.69, 9.17) is 5.26 Å². The van der Waals surface area contributed by atoms with Gasteiger partial charge >= 0.3 is 6.18 Å². The Bertz CT molecular complexity index is 1030. The second kappa shape index (κ2) is 7.75. The van der Waals surface area contributed by atoms with Gasteiger partial charge in [0.15, 0.2) is 11.6 Å². The predicted octanol–water partition coefficient (Wildman–Crippen LogP) is 4.36. The number of rotatable bonds is 4. The van der Waals surface area contributed by atoms with Gasteiger partial charge in [0.05, 0.1) is 17.2 Å². The maximum atomic E-state index is 12.6. The summed E-state index contributed by atoms with van der Waals surface area (Å²) in [7, 11) is 0. The van der Waals surface area contributed by atoms with Gasteiger partial charge in [-0.1, -0.05) is 6.07 Å². The summed E-state index contributed by atoms with van der Waals surface area (Å²) in [6.45, 7) is 0. The molecule has 0 aliphatic rings. The van der Waals surface area contributed by atoms with Crippen LogP contribution in [0.3, 0.4) is 0 Å². The minimum atomic E-state index is -4.46. The first-order valence-corrected chi connectivity index (χ1v) is 7.95. The van der Waals surface area contributed by atoms with E-state index >= 15 is 0 Å². The molecule has 0 bridgehead atoms. The van der Waals surface area contributed by atoms with Gasteiger partial charge in [0.1, 0.15) is 0 Å². The van der Waals surface area contributed by atoms with Gasteiger partial charge < -0.3 is 10.6 Å². The second-order valence-corrected chi connectivity index (χ2v) is 5.65. The zero-order valence-corrected chi connectivity index (χ0v) is 14.2. The van der Waals surface area contributed by atoms with Crippen LogP contribution in [0.2, 0.25) is 0 Å². The summed E-state index contributed by atoms with van der Waals surface area (Å²) in [5.41, 5.74) is 0.360. The van der Waals surface area contributed by atoms with Crippen molar-refractivity contribution in [3.8, 4) is 6.07 Å². The lowest BCUT2D eigenvalue weighted by Gasteiger charge is -2.08. The van der Waals surface area contributed by atoms with Gasteiger partial charge in [-0.05, 0) is 54.6 Å². The minimum Gasteiger partial charge on any atom is -0.339 e. The predicted molar refractivity (Wildman–Crippen MR) is 95.9 cm³/mol. The number of nitrogens with zero attached hydrogens (tertiary/aromatic N) is 3. The minimum absolute atomic E-state index is 0.0605. The van der Waals surface area contributed by atoms with Gasteiger partial charge in [0, 0.05) is 11.3 Å². The highest BCUT2D eigenvalue weighted by atomic mass is 19.4. The molecule has 3 rings (SSSR count). The molecule has 3 aromatic rings. The molecule has 9 heteroatoms. The Balaban J connectivity index is 1.65. The Kier molecular flexibility index (Phi) is 5.22. The molecule has 0 saturated carbocycles. The number of nitrogens with one attached hydrogen (secondary N) is 2. The van der Waals surface area contributed by atoms with Crippen molar-refractivity contribution in [2.24, 2.45) is 0 Å². The molecule has 0 aliphatic carbocycles. The number of carbonyl (C=O) groups is 1. The number of hydrogen-bond donors (Lipinski definition) is 2. The quantitative estimate of drug-likeness (QED) is 0.698. The van der Waals surface area contributed by atoms with Crippen LogP contribution in [0.15, 0.2) is 60.7 Å². The summed E-state index contributed by atoms with van der Waals surface area (Å²) < 4.78 is 37.7. The van der Waals surface area contributed by atoms with E-state index < -0.39 is 17.6 Å². The van der Waals surface area contributed by atoms with E-state index in [1.165, 1.54) is 6.07 Å². The average molecular weight is 383 g/mol. The van der Waals surface area contributed by atoms with Crippen molar-refractivity contribution in [2.75, 3.05) is 10.6 Å². The van der Waals surface area contributed by atoms with E-state index in [9.17, 15) is 18.0 Å². The van der Waals surface area contributed by atoms with Crippen molar-refractivity contribution in [1.82, 2.24) is 10.2 Å². The molecule has 1 aromatic heterocycles. The number of aromatic nitrogens is 2. The Labute approximate surface area is 157 Å². The first-order valence-electron chi connectivity index (χ1n) is 7.95. The van der Waals surface area contributed by atoms with Gasteiger partial charge in [-0.25, -0.2) is 0 Å². The van der Waals surface area contributed by atoms with Crippen LogP contribution in [0, 0.1) is 11.3 Å². The lowest BCUT2D eigenvalue weighted by atomic mass is 10.1. The third kappa shape index (κ3) is 4.62. The van der Waals surface area contributed by atoms with Crippen LogP contribution in [-0.2, 0) is 6.18 Å². The van der Waals surface area contributed by atoms with Crippen molar-refractivity contribution >= 4 is 23.2 Å². The number of carbonyl (C=O) groups excluding carboxylic acids is 1. The molecule has 6 nitrogen and oxygen atoms in total. The highest BCUT2D eigenvalue weighted by Gasteiger charge is 2.30. The number of halogens is 3. The maximum Gasteiger partial charge on any atom is 0.416 e. The zero-order chi connectivity index (χ0) is 20.1. The van der Waals surface area contributed by atoms with Crippen molar-refractivity contribution < 1.29 is 18.0 Å². The Morgan fingerprint density at radius 1 is 0.964 bits per heavy atom. The number of hydrogen-bond acceptors (Lipinski definition) is 5. The summed E-state index contributed by atoms with van der Waals surface area (Å²) in [4.78, 5) is 12.1. The summed E-state index contributed by atoms with van der Waals surface area (Å²) >= 11 is 0. The largest absolute Gasteiger partial charge is 0.416 e. The van der Waals surface area contributed by atoms with Crippen LogP contribution in [-0.4, -0.2) is 16.1 Å². The monoisotopic (exact) mass is 383 g/mol. The lowest BCUT2D eigenvalue weighted by Crippen LogP contribution is -2.14. The lowest BCUT2D eigenvalue weighted by molar-refractivity contribution is -0.137. The van der Waals surface area contributed by atoms with E-state index in [-0.39, 0.29) is 11.4 Å². The second-order valence-electron chi connectivity index (χ2n) is 5.65. The molecule has 0 unspecified atom stereocenters. The van der Waals surface area contributed by atoms with Crippen LogP contribution in [0.25, 0.3) is 0 Å². The number of anilines is 3. The van der Waals surface area contributed by atoms with Crippen LogP contribution < -0.4 is 10.6 Å². The van der Waals surface area contributed by atoms with Crippen LogP contribution >= 0.6 is 0 Å². The third-order valence-corrected chi connectivity index (χ3v) is 3.64. The maximum absolute atomic E-state index is 12.6. The topological polar surface area (TPSA) is 90.7 Å². The van der Waals surface area contributed by atoms with Crippen molar-refractivity contribution in [1.29, 1.82) is 5.26 Å². The van der Waals surface area contributed by atoms with E-state index in [1.54, 1.807) is 30.3 Å². The summed E-state index contributed by atoms with van der Waals surface area (Å²) in [6.07, 6.45) is -4.46. The van der Waals surface area contributed by atoms with Crippen LogP contribution in [0.1, 0.15) is 21.5 Å². The molecule has 0 saturated heterocycles. The highest BCUT2D eigenvalue weighted by Crippen LogP contribution is 2.29. The van der Waals surface area contributed by atoms with Crippen molar-refractivity contribution in [2.45, 2.75) is 6.18 Å². The molecule has 2 aromatic carbocycles. The number of benzene rings is 2. The van der Waals surface area contributed by atoms with Crippen LogP contribution in [0.5, 0.6) is 0 Å². The normalized spacial score (nSPS) is 10.8. The number of amides is 1. The molecule has 0 spiro atoms. The fourth-order valence-electron chi connectivity index (χ4n) is 2.28. The molecule has 28 heavy (non-hydrogen) atoms. The number of alkyl halides is 3. The molecule has 1 amide bonds. The first kappa shape index (κ1) is 18.8. The van der Waals surface area contributed by atoms with Gasteiger partial charge in [-0.3, -0.25) is 4.79 Å². The Morgan fingerprint density at radius 3 is 2.25 bits per heavy atom. The average Bonchev–Trinajstić information content (AvgIpc) is 2.69. The van der Waals surface area contributed by atoms with Crippen LogP contribution in [0.4, 0.5) is 30.5 Å². The van der Waals surface area contributed by atoms with Gasteiger partial charge in [-0.15, -0.1) is 10.2 Å². The Hall–Kier alpha value is -3.93. The molecular weight excluding hydrogens is 371 g/mol. The number of nitriles is 1. The first-order chi connectivity index (χ1) is 13.3. The van der Waals surface area contributed by atoms with E-state index in [2.05, 4.69) is 20.8 Å². The van der Waals surface area contributed by atoms with E-state index in [0.29, 0.717) is 17.1 Å². The third-order valence-electron chi connectivity index (χ3n) is 3.64. The van der Waals surface area contributed by atoms with Gasteiger partial charge in [-0.2, -0.15) is 18.4 Å². The van der Waals surface area contributed by atoms with Gasteiger partial charge in [0.25, 0.3) is 5.91 Å². The molecule has 1 heterocycles. The highest BCUT2D eigenvalue weighted by molar-refractivity contribution is 6.03. The van der Waals surface area contributed by atoms with Gasteiger partial charge in [0.2, 0.25) is 0 Å². The smallest absolute Gasteiger partial charge is 0.339 e. The molecule has 140 valence electrons. The molecule has 0 radical (unpaired) electrons. The van der Waals surface area contributed by atoms with Crippen molar-refractivity contribution in [3.63, 3.8) is 0 Å². The van der Waals surface area contributed by atoms with E-state index in [0.717, 1.165) is 24.3 Å². The fraction of sp³-hybridized carbons (Fsp3) is 0.0526. The fourth-order valence-corrected chi connectivity index (χ4v) is 2.28. The zero-order valence-electron chi connectivity index (χ0n) is 14.2. The standard InChI is InChI=1S/C19H12F3N5O/c20-19(21,22)14-6-4-13(5-7-14)18(28)25-17-9-8-16(26-27-17)24-15-3-1-2-12(10-15)11-23/h1-10H,(H,24,26)(H,25,27,28).